The predicted molar refractivity (Wildman–Crippen MR) is 181 cm³/mol. The number of carbonyl (C=O) groups is 2. The van der Waals surface area contributed by atoms with E-state index in [9.17, 15) is 9.59 Å². The molecule has 0 aliphatic heterocycles. The topological polar surface area (TPSA) is 63.6 Å². The lowest BCUT2D eigenvalue weighted by Crippen LogP contribution is -2.18. The van der Waals surface area contributed by atoms with E-state index in [0.717, 1.165) is 109 Å². The molecule has 0 amide bonds. The number of carboxylic acids is 1. The van der Waals surface area contributed by atoms with Crippen LogP contribution in [0.5, 0.6) is 0 Å². The molecule has 42 heavy (non-hydrogen) atoms. The predicted octanol–water partition coefficient (Wildman–Crippen LogP) is 11.8. The normalized spacial score (nSPS) is 13.0. The maximum atomic E-state index is 12.6. The fraction of sp³-hybridized carbons (Fsp3) is 0.684. The first-order valence-electron chi connectivity index (χ1n) is 17.3. The van der Waals surface area contributed by atoms with Crippen molar-refractivity contribution in [3.8, 4) is 0 Å². The Morgan fingerprint density at radius 2 is 1.02 bits per heavy atom. The van der Waals surface area contributed by atoms with Crippen molar-refractivity contribution in [3.05, 3.63) is 60.8 Å². The average Bonchev–Trinajstić information content (AvgIpc) is 2.97. The van der Waals surface area contributed by atoms with Crippen LogP contribution in [0.15, 0.2) is 60.8 Å². The highest BCUT2D eigenvalue weighted by atomic mass is 16.5. The van der Waals surface area contributed by atoms with Crippen LogP contribution in [0.25, 0.3) is 0 Å². The second-order valence-corrected chi connectivity index (χ2v) is 11.3. The zero-order chi connectivity index (χ0) is 30.8. The van der Waals surface area contributed by atoms with Crippen LogP contribution in [-0.2, 0) is 14.3 Å². The molecule has 1 unspecified atom stereocenters. The van der Waals surface area contributed by atoms with Gasteiger partial charge in [0.1, 0.15) is 6.10 Å². The zero-order valence-electron chi connectivity index (χ0n) is 27.3. The molecule has 240 valence electrons. The highest BCUT2D eigenvalue weighted by Crippen LogP contribution is 2.17. The fourth-order valence-electron chi connectivity index (χ4n) is 4.70. The van der Waals surface area contributed by atoms with E-state index in [1.807, 2.05) is 0 Å². The van der Waals surface area contributed by atoms with E-state index >= 15 is 0 Å². The van der Waals surface area contributed by atoms with Gasteiger partial charge in [0.2, 0.25) is 0 Å². The van der Waals surface area contributed by atoms with Gasteiger partial charge in [-0.3, -0.25) is 9.59 Å². The highest BCUT2D eigenvalue weighted by molar-refractivity contribution is 5.69. The van der Waals surface area contributed by atoms with Crippen molar-refractivity contribution in [2.75, 3.05) is 0 Å². The summed E-state index contributed by atoms with van der Waals surface area (Å²) in [5.74, 6) is -0.766. The van der Waals surface area contributed by atoms with Crippen LogP contribution in [0.1, 0.15) is 162 Å². The summed E-state index contributed by atoms with van der Waals surface area (Å²) in [4.78, 5) is 23.2. The first-order chi connectivity index (χ1) is 20.6. The Bertz CT molecular complexity index is 759. The van der Waals surface area contributed by atoms with Crippen molar-refractivity contribution in [2.45, 2.75) is 168 Å². The van der Waals surface area contributed by atoms with Crippen molar-refractivity contribution in [1.29, 1.82) is 0 Å². The fourth-order valence-corrected chi connectivity index (χ4v) is 4.70. The lowest BCUT2D eigenvalue weighted by molar-refractivity contribution is -0.150. The first-order valence-corrected chi connectivity index (χ1v) is 17.3. The average molecular weight is 585 g/mol. The van der Waals surface area contributed by atoms with Gasteiger partial charge in [-0.05, 0) is 96.3 Å². The van der Waals surface area contributed by atoms with Crippen LogP contribution in [0, 0.1) is 0 Å². The first kappa shape index (κ1) is 39.6. The molecule has 4 heteroatoms. The SMILES string of the molecule is CC/C=C\C/C=C\C/C=C\CCCCCC(=O)OC(CCC/C=C\C/C=C\CCCCC)CCCCCCCC(=O)O. The number of rotatable bonds is 30. The third-order valence-electron chi connectivity index (χ3n) is 7.22. The van der Waals surface area contributed by atoms with E-state index in [4.69, 9.17) is 9.84 Å². The van der Waals surface area contributed by atoms with Gasteiger partial charge in [0.05, 0.1) is 0 Å². The van der Waals surface area contributed by atoms with Gasteiger partial charge in [-0.25, -0.2) is 0 Å². The van der Waals surface area contributed by atoms with Crippen LogP contribution in [0.2, 0.25) is 0 Å². The minimum atomic E-state index is -0.713. The molecule has 0 aliphatic carbocycles. The lowest BCUT2D eigenvalue weighted by Gasteiger charge is -2.18. The summed E-state index contributed by atoms with van der Waals surface area (Å²) in [6.07, 6.45) is 45.1. The zero-order valence-corrected chi connectivity index (χ0v) is 27.3. The van der Waals surface area contributed by atoms with Crippen LogP contribution >= 0.6 is 0 Å². The van der Waals surface area contributed by atoms with Gasteiger partial charge in [0.15, 0.2) is 0 Å². The third kappa shape index (κ3) is 32.2. The molecule has 0 fully saturated rings. The molecule has 0 bridgehead atoms. The van der Waals surface area contributed by atoms with E-state index in [-0.39, 0.29) is 18.5 Å². The van der Waals surface area contributed by atoms with E-state index in [1.54, 1.807) is 0 Å². The molecule has 1 atom stereocenters. The van der Waals surface area contributed by atoms with Crippen molar-refractivity contribution in [1.82, 2.24) is 0 Å². The van der Waals surface area contributed by atoms with Crippen molar-refractivity contribution >= 4 is 11.9 Å². The molecule has 0 aromatic carbocycles. The van der Waals surface area contributed by atoms with E-state index < -0.39 is 5.97 Å². The van der Waals surface area contributed by atoms with E-state index in [0.29, 0.717) is 6.42 Å². The van der Waals surface area contributed by atoms with Crippen LogP contribution in [0.3, 0.4) is 0 Å². The third-order valence-corrected chi connectivity index (χ3v) is 7.22. The lowest BCUT2D eigenvalue weighted by atomic mass is 10.0. The summed E-state index contributed by atoms with van der Waals surface area (Å²) < 4.78 is 5.93. The standard InChI is InChI=1S/C38H64O4/c1-3-5-7-9-11-13-15-16-18-20-22-27-31-35-38(41)42-36(33-29-25-23-26-30-34-37(39)40)32-28-24-21-19-17-14-12-10-8-6-4-2/h5,7,11-14,16,18-19,21,36H,3-4,6,8-10,15,17,20,22-35H2,1-2H3,(H,39,40)/b7-5-,13-11-,14-12-,18-16-,21-19-. The number of ether oxygens (including phenoxy) is 1. The Labute approximate surface area is 259 Å². The van der Waals surface area contributed by atoms with Gasteiger partial charge in [-0.1, -0.05) is 113 Å². The molecular formula is C38H64O4. The molecule has 0 spiro atoms. The molecule has 0 saturated heterocycles. The largest absolute Gasteiger partial charge is 0.481 e. The van der Waals surface area contributed by atoms with Gasteiger partial charge in [-0.15, -0.1) is 0 Å². The minimum Gasteiger partial charge on any atom is -0.481 e. The highest BCUT2D eigenvalue weighted by Gasteiger charge is 2.14. The number of carboxylic acid groups (broad SMARTS) is 1. The maximum Gasteiger partial charge on any atom is 0.306 e. The molecule has 0 radical (unpaired) electrons. The molecule has 0 heterocycles. The Hall–Kier alpha value is -2.36. The van der Waals surface area contributed by atoms with Gasteiger partial charge in [0.25, 0.3) is 0 Å². The molecule has 0 aromatic heterocycles. The number of hydrogen-bond donors (Lipinski definition) is 1. The van der Waals surface area contributed by atoms with Crippen molar-refractivity contribution in [2.24, 2.45) is 0 Å². The Morgan fingerprint density at radius 1 is 0.548 bits per heavy atom. The van der Waals surface area contributed by atoms with Crippen LogP contribution < -0.4 is 0 Å². The number of aliphatic carboxylic acids is 1. The molecule has 0 aliphatic rings. The summed E-state index contributed by atoms with van der Waals surface area (Å²) >= 11 is 0. The second kappa shape index (κ2) is 33.1. The van der Waals surface area contributed by atoms with Crippen molar-refractivity contribution in [3.63, 3.8) is 0 Å². The number of carbonyl (C=O) groups excluding carboxylic acids is 1. The van der Waals surface area contributed by atoms with Gasteiger partial charge >= 0.3 is 11.9 Å². The van der Waals surface area contributed by atoms with Gasteiger partial charge < -0.3 is 9.84 Å². The van der Waals surface area contributed by atoms with Gasteiger partial charge in [-0.2, -0.15) is 0 Å². The molecule has 0 saturated carbocycles. The number of esters is 1. The Morgan fingerprint density at radius 3 is 1.64 bits per heavy atom. The summed E-state index contributed by atoms with van der Waals surface area (Å²) in [7, 11) is 0. The molecule has 0 aromatic rings. The summed E-state index contributed by atoms with van der Waals surface area (Å²) in [6.45, 7) is 4.39. The second-order valence-electron chi connectivity index (χ2n) is 11.3. The number of hydrogen-bond acceptors (Lipinski definition) is 3. The van der Waals surface area contributed by atoms with Gasteiger partial charge in [0, 0.05) is 12.8 Å². The van der Waals surface area contributed by atoms with Crippen LogP contribution in [-0.4, -0.2) is 23.1 Å². The summed E-state index contributed by atoms with van der Waals surface area (Å²) in [6, 6.07) is 0. The quantitative estimate of drug-likeness (QED) is 0.0518. The smallest absolute Gasteiger partial charge is 0.306 e. The molecule has 0 rings (SSSR count). The number of allylic oxidation sites excluding steroid dienone is 10. The van der Waals surface area contributed by atoms with E-state index in [2.05, 4.69) is 74.6 Å². The Balaban J connectivity index is 4.23. The summed E-state index contributed by atoms with van der Waals surface area (Å²) in [5, 5.41) is 8.78. The number of unbranched alkanes of at least 4 members (excludes halogenated alkanes) is 11. The Kier molecular flexibility index (Phi) is 31.3. The molecular weight excluding hydrogens is 520 g/mol. The van der Waals surface area contributed by atoms with Crippen molar-refractivity contribution < 1.29 is 19.4 Å². The maximum absolute atomic E-state index is 12.6. The summed E-state index contributed by atoms with van der Waals surface area (Å²) in [5.41, 5.74) is 0. The minimum absolute atomic E-state index is 0.00293. The molecule has 4 nitrogen and oxygen atoms in total. The van der Waals surface area contributed by atoms with Crippen LogP contribution in [0.4, 0.5) is 0 Å². The molecule has 1 N–H and O–H groups in total. The van der Waals surface area contributed by atoms with E-state index in [1.165, 1.54) is 25.7 Å². The monoisotopic (exact) mass is 584 g/mol.